The topological polar surface area (TPSA) is 44.6 Å². The van der Waals surface area contributed by atoms with E-state index in [0.717, 1.165) is 0 Å². The first-order chi connectivity index (χ1) is 2.89. The van der Waals surface area contributed by atoms with Gasteiger partial charge >= 0.3 is 0 Å². The highest BCUT2D eigenvalue weighted by Gasteiger charge is 2.00. The number of rotatable bonds is 0. The zero-order valence-electron chi connectivity index (χ0n) is 2.96. The second-order valence-electron chi connectivity index (χ2n) is 0.864. The van der Waals surface area contributed by atoms with Gasteiger partial charge in [-0.3, -0.25) is 0 Å². The quantitative estimate of drug-likeness (QED) is 0.409. The van der Waals surface area contributed by atoms with Crippen LogP contribution in [0.2, 0.25) is 0 Å². The molecule has 3 nitrogen and oxygen atoms in total. The number of nitrogens with zero attached hydrogens (tertiary/aromatic N) is 1. The molecule has 0 fully saturated rings. The molecular formula is C2H4N2OS. The molecule has 0 aromatic carbocycles. The van der Waals surface area contributed by atoms with Gasteiger partial charge in [0.2, 0.25) is 6.35 Å². The monoisotopic (exact) mass is 104 g/mol. The molecule has 2 N–H and O–H groups in total. The van der Waals surface area contributed by atoms with Crippen molar-refractivity contribution in [2.24, 2.45) is 4.99 Å². The van der Waals surface area contributed by atoms with Gasteiger partial charge in [-0.2, -0.15) is 0 Å². The van der Waals surface area contributed by atoms with E-state index in [1.54, 1.807) is 5.55 Å². The number of aliphatic hydroxyl groups excluding tert-OH is 1. The average molecular weight is 104 g/mol. The number of hydrogen-bond donors (Lipinski definition) is 2. The number of aliphatic imine (C=N–C) groups is 1. The summed E-state index contributed by atoms with van der Waals surface area (Å²) in [5.41, 5.74) is 1.56. The average Bonchev–Trinajstić information content (AvgIpc) is 1.86. The SMILES string of the molecule is OC1N=CSN1. The highest BCUT2D eigenvalue weighted by molar-refractivity contribution is 8.10. The van der Waals surface area contributed by atoms with Crippen LogP contribution in [-0.4, -0.2) is 17.0 Å². The van der Waals surface area contributed by atoms with Crippen molar-refractivity contribution in [2.75, 3.05) is 0 Å². The van der Waals surface area contributed by atoms with Gasteiger partial charge in [-0.1, -0.05) is 0 Å². The Hall–Kier alpha value is -0.0600. The lowest BCUT2D eigenvalue weighted by Crippen LogP contribution is -2.13. The van der Waals surface area contributed by atoms with Crippen LogP contribution in [0.5, 0.6) is 0 Å². The third-order valence-electron chi connectivity index (χ3n) is 0.428. The lowest BCUT2D eigenvalue weighted by Gasteiger charge is -1.90. The van der Waals surface area contributed by atoms with E-state index >= 15 is 0 Å². The molecule has 1 rings (SSSR count). The molecule has 0 amide bonds. The molecule has 1 heterocycles. The molecule has 6 heavy (non-hydrogen) atoms. The Morgan fingerprint density at radius 3 is 3.00 bits per heavy atom. The summed E-state index contributed by atoms with van der Waals surface area (Å²) in [6, 6.07) is 0. The van der Waals surface area contributed by atoms with E-state index in [2.05, 4.69) is 9.71 Å². The summed E-state index contributed by atoms with van der Waals surface area (Å²) < 4.78 is 2.57. The Bertz CT molecular complexity index is 73.9. The van der Waals surface area contributed by atoms with E-state index in [1.165, 1.54) is 11.9 Å². The predicted molar refractivity (Wildman–Crippen MR) is 25.2 cm³/mol. The van der Waals surface area contributed by atoms with Gasteiger partial charge in [0.1, 0.15) is 0 Å². The molecule has 0 spiro atoms. The van der Waals surface area contributed by atoms with Crippen LogP contribution in [0.15, 0.2) is 4.99 Å². The maximum atomic E-state index is 8.40. The standard InChI is InChI=1S/C2H4N2OS/c5-2-3-1-6-4-2/h1-2,4-5H. The van der Waals surface area contributed by atoms with Gasteiger partial charge < -0.3 is 5.11 Å². The van der Waals surface area contributed by atoms with Gasteiger partial charge in [0.25, 0.3) is 0 Å². The van der Waals surface area contributed by atoms with E-state index in [4.69, 9.17) is 5.11 Å². The van der Waals surface area contributed by atoms with Crippen LogP contribution in [0.1, 0.15) is 0 Å². The van der Waals surface area contributed by atoms with E-state index in [1.807, 2.05) is 0 Å². The molecule has 0 radical (unpaired) electrons. The minimum atomic E-state index is -0.671. The Balaban J connectivity index is 2.38. The molecule has 0 aromatic rings. The number of aliphatic hydroxyl groups is 1. The summed E-state index contributed by atoms with van der Waals surface area (Å²) in [5.74, 6) is 0. The van der Waals surface area contributed by atoms with Crippen molar-refractivity contribution in [2.45, 2.75) is 6.35 Å². The molecule has 1 unspecified atom stereocenters. The highest BCUT2D eigenvalue weighted by atomic mass is 32.2. The van der Waals surface area contributed by atoms with Crippen LogP contribution >= 0.6 is 11.9 Å². The van der Waals surface area contributed by atoms with Crippen molar-refractivity contribution in [3.63, 3.8) is 0 Å². The van der Waals surface area contributed by atoms with Gasteiger partial charge in [0.15, 0.2) is 0 Å². The smallest absolute Gasteiger partial charge is 0.211 e. The number of nitrogens with one attached hydrogen (secondary N) is 1. The van der Waals surface area contributed by atoms with Crippen molar-refractivity contribution in [3.05, 3.63) is 0 Å². The van der Waals surface area contributed by atoms with Gasteiger partial charge in [0, 0.05) is 0 Å². The van der Waals surface area contributed by atoms with Gasteiger partial charge in [-0.15, -0.1) is 0 Å². The highest BCUT2D eigenvalue weighted by Crippen LogP contribution is 1.98. The van der Waals surface area contributed by atoms with E-state index in [9.17, 15) is 0 Å². The fourth-order valence-corrected chi connectivity index (χ4v) is 0.629. The molecule has 34 valence electrons. The molecule has 0 aliphatic carbocycles. The largest absolute Gasteiger partial charge is 0.359 e. The van der Waals surface area contributed by atoms with Crippen LogP contribution in [-0.2, 0) is 0 Å². The maximum Gasteiger partial charge on any atom is 0.211 e. The summed E-state index contributed by atoms with van der Waals surface area (Å²) in [6.45, 7) is 0. The summed E-state index contributed by atoms with van der Waals surface area (Å²) in [4.78, 5) is 3.52. The zero-order valence-corrected chi connectivity index (χ0v) is 3.77. The molecular weight excluding hydrogens is 100 g/mol. The molecule has 1 atom stereocenters. The molecule has 0 bridgehead atoms. The molecule has 1 aliphatic rings. The molecule has 0 aromatic heterocycles. The van der Waals surface area contributed by atoms with Crippen LogP contribution < -0.4 is 4.72 Å². The van der Waals surface area contributed by atoms with Crippen molar-refractivity contribution in [1.82, 2.24) is 4.72 Å². The first kappa shape index (κ1) is 4.11. The lowest BCUT2D eigenvalue weighted by molar-refractivity contribution is 0.181. The summed E-state index contributed by atoms with van der Waals surface area (Å²) in [7, 11) is 0. The second kappa shape index (κ2) is 1.59. The first-order valence-electron chi connectivity index (χ1n) is 1.50. The maximum absolute atomic E-state index is 8.40. The molecule has 1 aliphatic heterocycles. The van der Waals surface area contributed by atoms with Crippen molar-refractivity contribution in [1.29, 1.82) is 0 Å². The summed E-state index contributed by atoms with van der Waals surface area (Å²) in [6.07, 6.45) is -0.671. The van der Waals surface area contributed by atoms with Crippen LogP contribution in [0, 0.1) is 0 Å². The van der Waals surface area contributed by atoms with Crippen molar-refractivity contribution < 1.29 is 5.11 Å². The number of hydrogen-bond acceptors (Lipinski definition) is 4. The van der Waals surface area contributed by atoms with Gasteiger partial charge in [-0.25, -0.2) is 9.71 Å². The fraction of sp³-hybridized carbons (Fsp3) is 0.500. The Labute approximate surface area is 39.6 Å². The van der Waals surface area contributed by atoms with Gasteiger partial charge in [0.05, 0.1) is 5.55 Å². The van der Waals surface area contributed by atoms with Crippen molar-refractivity contribution in [3.8, 4) is 0 Å². The van der Waals surface area contributed by atoms with Crippen molar-refractivity contribution >= 4 is 17.5 Å². The molecule has 0 saturated carbocycles. The first-order valence-corrected chi connectivity index (χ1v) is 2.38. The fourth-order valence-electron chi connectivity index (χ4n) is 0.210. The van der Waals surface area contributed by atoms with E-state index in [-0.39, 0.29) is 0 Å². The minimum Gasteiger partial charge on any atom is -0.359 e. The minimum absolute atomic E-state index is 0.671. The normalized spacial score (nSPS) is 31.8. The van der Waals surface area contributed by atoms with Gasteiger partial charge in [-0.05, 0) is 11.9 Å². The van der Waals surface area contributed by atoms with E-state index in [0.29, 0.717) is 0 Å². The van der Waals surface area contributed by atoms with Crippen LogP contribution in [0.3, 0.4) is 0 Å². The summed E-state index contributed by atoms with van der Waals surface area (Å²) in [5, 5.41) is 8.40. The summed E-state index contributed by atoms with van der Waals surface area (Å²) >= 11 is 1.29. The third-order valence-corrected chi connectivity index (χ3v) is 1.00. The Morgan fingerprint density at radius 1 is 2.00 bits per heavy atom. The Morgan fingerprint density at radius 2 is 2.83 bits per heavy atom. The zero-order chi connectivity index (χ0) is 4.41. The molecule has 0 saturated heterocycles. The molecule has 4 heteroatoms. The van der Waals surface area contributed by atoms with E-state index < -0.39 is 6.35 Å². The second-order valence-corrected chi connectivity index (χ2v) is 1.55. The lowest BCUT2D eigenvalue weighted by atomic mass is 11.1. The van der Waals surface area contributed by atoms with Crippen LogP contribution in [0.25, 0.3) is 0 Å². The van der Waals surface area contributed by atoms with Crippen LogP contribution in [0.4, 0.5) is 0 Å². The predicted octanol–water partition coefficient (Wildman–Crippen LogP) is -0.458. The Kier molecular flexibility index (Phi) is 1.09. The third kappa shape index (κ3) is 0.707.